The standard InChI is InChI=1S/C69H87N11O11S/c1-44(2)90-59-9-7-6-8-51(59)58-42-75(41-47-40-72-64(77-28-32-87-33-29-77)62-61(47)67(3,4)22-31-89-62)26-27-78(58)49-37-69(38-49)20-24-76(25-21-69)48-10-12-52(55(35-48)79-54-17-30-88-43-60(54)91-66-57(79)34-46-16-23-70-63(46)73-66)65(81)74-92(85,86)50-11-13-53(56(36-50)80(83)84)71-39-45-14-18-68(5,82)19-15-45/h6-13,16,23,34-36,40,44-45,49,54,58,60,71,82H,14-15,17-22,24-33,37-39,41-43H2,1-5H3,(H,70,73)(H,74,81)/t45-,54-,58+,60-,68-/m0/s1. The second-order valence-electron chi connectivity index (χ2n) is 28.2. The molecule has 490 valence electrons. The molecule has 23 heteroatoms. The predicted molar refractivity (Wildman–Crippen MR) is 351 cm³/mol. The van der Waals surface area contributed by atoms with E-state index >= 15 is 0 Å². The minimum atomic E-state index is -4.66. The summed E-state index contributed by atoms with van der Waals surface area (Å²) in [6, 6.07) is 22.0. The van der Waals surface area contributed by atoms with E-state index in [0.29, 0.717) is 81.2 Å². The molecule has 4 N–H and O–H groups in total. The van der Waals surface area contributed by atoms with E-state index < -0.39 is 43.1 Å². The fourth-order valence-corrected chi connectivity index (χ4v) is 17.0. The number of aromatic nitrogens is 3. The molecule has 6 aliphatic heterocycles. The average Bonchev–Trinajstić information content (AvgIpc) is 0.905. The average molecular weight is 1280 g/mol. The zero-order chi connectivity index (χ0) is 63.7. The van der Waals surface area contributed by atoms with Gasteiger partial charge in [-0.25, -0.2) is 18.1 Å². The van der Waals surface area contributed by atoms with Crippen molar-refractivity contribution in [1.82, 2.24) is 29.5 Å². The Hall–Kier alpha value is -7.28. The van der Waals surface area contributed by atoms with Crippen LogP contribution in [0.15, 0.2) is 90.1 Å². The summed E-state index contributed by atoms with van der Waals surface area (Å²) in [5.74, 6) is 2.46. The van der Waals surface area contributed by atoms with Gasteiger partial charge in [-0.15, -0.1) is 0 Å². The van der Waals surface area contributed by atoms with Crippen LogP contribution in [0.5, 0.6) is 17.4 Å². The molecule has 6 aromatic rings. The summed E-state index contributed by atoms with van der Waals surface area (Å²) < 4.78 is 62.5. The number of H-pyrrole nitrogens is 1. The molecule has 9 heterocycles. The number of nitro groups is 1. The molecule has 22 nitrogen and oxygen atoms in total. The number of morpholine rings is 1. The molecule has 0 bridgehead atoms. The number of hydrogen-bond acceptors (Lipinski definition) is 19. The molecule has 0 unspecified atom stereocenters. The molecule has 3 atom stereocenters. The van der Waals surface area contributed by atoms with Crippen LogP contribution < -0.4 is 38.9 Å². The molecule has 14 rings (SSSR count). The highest BCUT2D eigenvalue weighted by molar-refractivity contribution is 7.90. The number of nitrogens with zero attached hydrogens (tertiary/aromatic N) is 8. The van der Waals surface area contributed by atoms with E-state index in [0.717, 1.165) is 132 Å². The zero-order valence-electron chi connectivity index (χ0n) is 53.5. The Morgan fingerprint density at radius 2 is 1.67 bits per heavy atom. The number of anilines is 5. The minimum absolute atomic E-state index is 0.0200. The van der Waals surface area contributed by atoms with Gasteiger partial charge in [-0.05, 0) is 156 Å². The molecule has 2 saturated carbocycles. The van der Waals surface area contributed by atoms with E-state index in [2.05, 4.69) is 97.7 Å². The van der Waals surface area contributed by atoms with Crippen molar-refractivity contribution in [3.05, 3.63) is 118 Å². The first kappa shape index (κ1) is 62.2. The fourth-order valence-electron chi connectivity index (χ4n) is 16.0. The van der Waals surface area contributed by atoms with Crippen LogP contribution in [-0.4, -0.2) is 164 Å². The van der Waals surface area contributed by atoms with Gasteiger partial charge in [-0.2, -0.15) is 4.98 Å². The molecule has 3 aromatic carbocycles. The van der Waals surface area contributed by atoms with Crippen molar-refractivity contribution in [2.24, 2.45) is 11.3 Å². The maximum Gasteiger partial charge on any atom is 0.293 e. The number of carbonyl (C=O) groups excluding carboxylic acids is 1. The van der Waals surface area contributed by atoms with Gasteiger partial charge in [-0.3, -0.25) is 24.7 Å². The summed E-state index contributed by atoms with van der Waals surface area (Å²) in [5.41, 5.74) is 5.57. The number of aromatic amines is 1. The second kappa shape index (κ2) is 24.9. The number of nitrogens with one attached hydrogen (secondary N) is 3. The van der Waals surface area contributed by atoms with Crippen molar-refractivity contribution < 1.29 is 46.9 Å². The Balaban J connectivity index is 0.715. The van der Waals surface area contributed by atoms with Crippen molar-refractivity contribution in [2.45, 2.75) is 152 Å². The molecule has 1 amide bonds. The summed E-state index contributed by atoms with van der Waals surface area (Å²) in [5, 5.41) is 27.0. The highest BCUT2D eigenvalue weighted by Gasteiger charge is 2.51. The third kappa shape index (κ3) is 12.3. The smallest absolute Gasteiger partial charge is 0.293 e. The van der Waals surface area contributed by atoms with E-state index in [1.807, 2.05) is 37.4 Å². The summed E-state index contributed by atoms with van der Waals surface area (Å²) in [7, 11) is -4.66. The van der Waals surface area contributed by atoms with Gasteiger partial charge >= 0.3 is 0 Å². The zero-order valence-corrected chi connectivity index (χ0v) is 54.3. The lowest BCUT2D eigenvalue weighted by molar-refractivity contribution is -0.384. The number of pyridine rings is 2. The Bertz CT molecular complexity index is 3850. The number of carbonyl (C=O) groups is 1. The number of para-hydroxylation sites is 1. The topological polar surface area (TPSA) is 243 Å². The molecule has 8 aliphatic rings. The number of piperazine rings is 1. The van der Waals surface area contributed by atoms with Crippen LogP contribution >= 0.6 is 0 Å². The van der Waals surface area contributed by atoms with Crippen molar-refractivity contribution >= 4 is 61.2 Å². The molecule has 0 radical (unpaired) electrons. The fraction of sp³-hybridized carbons (Fsp3) is 0.551. The third-order valence-electron chi connectivity index (χ3n) is 21.1. The van der Waals surface area contributed by atoms with Gasteiger partial charge in [-0.1, -0.05) is 32.0 Å². The molecule has 2 aliphatic carbocycles. The third-order valence-corrected chi connectivity index (χ3v) is 22.5. The van der Waals surface area contributed by atoms with E-state index in [4.69, 9.17) is 33.7 Å². The number of fused-ring (bicyclic) bond motifs is 4. The predicted octanol–water partition coefficient (Wildman–Crippen LogP) is 10.0. The van der Waals surface area contributed by atoms with Gasteiger partial charge in [0.25, 0.3) is 21.6 Å². The molecule has 3 aromatic heterocycles. The second-order valence-corrected chi connectivity index (χ2v) is 29.9. The minimum Gasteiger partial charge on any atom is -0.491 e. The highest BCUT2D eigenvalue weighted by atomic mass is 32.2. The number of amides is 1. The van der Waals surface area contributed by atoms with Crippen molar-refractivity contribution in [2.75, 3.05) is 105 Å². The van der Waals surface area contributed by atoms with Gasteiger partial charge in [0.2, 0.25) is 5.88 Å². The Kier molecular flexibility index (Phi) is 16.8. The lowest BCUT2D eigenvalue weighted by atomic mass is 9.59. The van der Waals surface area contributed by atoms with Crippen LogP contribution in [0.1, 0.15) is 132 Å². The number of hydrogen-bond donors (Lipinski definition) is 4. The van der Waals surface area contributed by atoms with Gasteiger partial charge in [0.1, 0.15) is 28.9 Å². The maximum atomic E-state index is 14.9. The van der Waals surface area contributed by atoms with Gasteiger partial charge in [0.15, 0.2) is 11.6 Å². The maximum absolute atomic E-state index is 14.9. The van der Waals surface area contributed by atoms with Crippen molar-refractivity contribution in [3.63, 3.8) is 0 Å². The van der Waals surface area contributed by atoms with E-state index in [9.17, 15) is 28.4 Å². The molecule has 4 saturated heterocycles. The molecule has 1 spiro atoms. The SMILES string of the molecule is CC(C)Oc1ccccc1[C@H]1CN(Cc2cnc(N3CCOCC3)c3c2C(C)(C)CCO3)CCN1C1CC2(CCN(c3ccc(C(=O)NS(=O)(=O)c4ccc(NC[C@H]5CC[C@](C)(O)CC5)c([N+](=O)[O-])c4)c(N4c5cc6cc[nH]c6nc5O[C@H]5COCC[C@@H]54)c3)CC2)C1. The summed E-state index contributed by atoms with van der Waals surface area (Å²) in [6.45, 7) is 20.5. The monoisotopic (exact) mass is 1280 g/mol. The first-order valence-corrected chi connectivity index (χ1v) is 34.7. The quantitative estimate of drug-likeness (QED) is 0.0520. The lowest BCUT2D eigenvalue weighted by Gasteiger charge is -2.58. The van der Waals surface area contributed by atoms with Crippen LogP contribution in [0.2, 0.25) is 0 Å². The number of rotatable bonds is 16. The van der Waals surface area contributed by atoms with Gasteiger partial charge in [0, 0.05) is 112 Å². The number of sulfonamides is 1. The number of nitro benzene ring substituents is 1. The first-order valence-electron chi connectivity index (χ1n) is 33.2. The summed E-state index contributed by atoms with van der Waals surface area (Å²) in [6.07, 6.45) is 11.9. The number of aliphatic hydroxyl groups is 1. The van der Waals surface area contributed by atoms with Crippen LogP contribution in [-0.2, 0) is 31.5 Å². The number of piperidine rings is 1. The van der Waals surface area contributed by atoms with Crippen LogP contribution in [0.25, 0.3) is 11.0 Å². The van der Waals surface area contributed by atoms with Crippen molar-refractivity contribution in [1.29, 1.82) is 0 Å². The van der Waals surface area contributed by atoms with E-state index in [1.165, 1.54) is 28.8 Å². The molecule has 6 fully saturated rings. The number of ether oxygens (including phenoxy) is 5. The molecular weight excluding hydrogens is 1190 g/mol. The van der Waals surface area contributed by atoms with Crippen LogP contribution in [0.4, 0.5) is 34.3 Å². The Labute approximate surface area is 538 Å². The summed E-state index contributed by atoms with van der Waals surface area (Å²) in [4.78, 5) is 51.8. The Morgan fingerprint density at radius 1 is 0.880 bits per heavy atom. The first-order chi connectivity index (χ1) is 44.3. The largest absolute Gasteiger partial charge is 0.491 e. The van der Waals surface area contributed by atoms with E-state index in [-0.39, 0.29) is 52.8 Å². The van der Waals surface area contributed by atoms with Crippen molar-refractivity contribution in [3.8, 4) is 17.4 Å². The normalized spacial score (nSPS) is 25.1. The molecule has 92 heavy (non-hydrogen) atoms. The lowest BCUT2D eigenvalue weighted by Crippen LogP contribution is -2.59. The van der Waals surface area contributed by atoms with Crippen LogP contribution in [0.3, 0.4) is 0 Å². The van der Waals surface area contributed by atoms with Crippen LogP contribution in [0, 0.1) is 21.4 Å². The van der Waals surface area contributed by atoms with Gasteiger partial charge in [0.05, 0.1) is 71.3 Å². The number of benzene rings is 3. The van der Waals surface area contributed by atoms with Gasteiger partial charge < -0.3 is 53.8 Å². The summed E-state index contributed by atoms with van der Waals surface area (Å²) >= 11 is 0. The molecular formula is C69H87N11O11S. The highest BCUT2D eigenvalue weighted by Crippen LogP contribution is 2.55. The Morgan fingerprint density at radius 3 is 2.46 bits per heavy atom. The van der Waals surface area contributed by atoms with E-state index in [1.54, 1.807) is 6.07 Å².